The highest BCUT2D eigenvalue weighted by molar-refractivity contribution is 8.14. The number of ether oxygens (including phenoxy) is 1. The summed E-state index contributed by atoms with van der Waals surface area (Å²) < 4.78 is 6.03. The number of carbonyl (C=O) groups excluding carboxylic acids is 1. The topological polar surface area (TPSA) is 66.0 Å². The highest BCUT2D eigenvalue weighted by Crippen LogP contribution is 2.43. The molecular formula is C25H22N4O2S. The molecule has 3 aromatic rings. The predicted octanol–water partition coefficient (Wildman–Crippen LogP) is 5.27. The summed E-state index contributed by atoms with van der Waals surface area (Å²) in [5.41, 5.74) is 2.76. The number of para-hydroxylation sites is 2. The molecule has 6 nitrogen and oxygen atoms in total. The summed E-state index contributed by atoms with van der Waals surface area (Å²) in [7, 11) is 0. The SMILES string of the molecule is C=CCSC1=NN2[C@@H](c3cccc(Oc4ccccc4)c3)Nc3ccccc3[C@@H]2C(=O)N1. The van der Waals surface area contributed by atoms with E-state index in [4.69, 9.17) is 9.84 Å². The van der Waals surface area contributed by atoms with Gasteiger partial charge in [0.2, 0.25) is 0 Å². The highest BCUT2D eigenvalue weighted by atomic mass is 32.2. The fourth-order valence-corrected chi connectivity index (χ4v) is 4.46. The van der Waals surface area contributed by atoms with Crippen LogP contribution < -0.4 is 15.4 Å². The minimum Gasteiger partial charge on any atom is -0.457 e. The third-order valence-corrected chi connectivity index (χ3v) is 6.11. The van der Waals surface area contributed by atoms with E-state index < -0.39 is 6.04 Å². The number of rotatable bonds is 5. The lowest BCUT2D eigenvalue weighted by Crippen LogP contribution is -2.50. The standard InChI is InChI=1S/C25H22N4O2S/c1-2-15-32-25-27-24(30)22-20-13-6-7-14-21(20)26-23(29(22)28-25)17-9-8-12-19(16-17)31-18-10-4-3-5-11-18/h2-14,16,22-23,26H,1,15H2,(H,27,28,30)/t22-,23+/m1/s1. The van der Waals surface area contributed by atoms with Gasteiger partial charge in [-0.15, -0.1) is 11.7 Å². The number of nitrogens with zero attached hydrogens (tertiary/aromatic N) is 2. The second-order valence-corrected chi connectivity index (χ2v) is 8.41. The Kier molecular flexibility index (Phi) is 5.56. The Morgan fingerprint density at radius 3 is 2.66 bits per heavy atom. The van der Waals surface area contributed by atoms with Crippen LogP contribution in [0.4, 0.5) is 5.69 Å². The fraction of sp³-hybridized carbons (Fsp3) is 0.120. The zero-order valence-corrected chi connectivity index (χ0v) is 18.1. The Hall–Kier alpha value is -3.71. The molecule has 3 aromatic carbocycles. The molecule has 7 heteroatoms. The first-order valence-electron chi connectivity index (χ1n) is 10.3. The number of thioether (sulfide) groups is 1. The molecule has 0 spiro atoms. The summed E-state index contributed by atoms with van der Waals surface area (Å²) in [6, 6.07) is 24.8. The van der Waals surface area contributed by atoms with Crippen molar-refractivity contribution in [1.29, 1.82) is 0 Å². The van der Waals surface area contributed by atoms with Crippen LogP contribution in [0.2, 0.25) is 0 Å². The molecule has 2 N–H and O–H groups in total. The van der Waals surface area contributed by atoms with E-state index in [2.05, 4.69) is 17.2 Å². The van der Waals surface area contributed by atoms with Gasteiger partial charge < -0.3 is 15.4 Å². The number of anilines is 1. The maximum Gasteiger partial charge on any atom is 0.255 e. The monoisotopic (exact) mass is 442 g/mol. The molecule has 2 atom stereocenters. The van der Waals surface area contributed by atoms with E-state index in [1.54, 1.807) is 6.08 Å². The van der Waals surface area contributed by atoms with Gasteiger partial charge in [-0.05, 0) is 35.9 Å². The molecule has 2 aliphatic rings. The number of nitrogens with one attached hydrogen (secondary N) is 2. The Morgan fingerprint density at radius 2 is 1.81 bits per heavy atom. The van der Waals surface area contributed by atoms with Crippen molar-refractivity contribution in [1.82, 2.24) is 10.3 Å². The summed E-state index contributed by atoms with van der Waals surface area (Å²) in [5, 5.41) is 13.7. The normalized spacial score (nSPS) is 19.1. The van der Waals surface area contributed by atoms with Crippen molar-refractivity contribution in [2.24, 2.45) is 5.10 Å². The Bertz CT molecular complexity index is 1180. The van der Waals surface area contributed by atoms with Crippen molar-refractivity contribution in [3.8, 4) is 11.5 Å². The molecule has 0 bridgehead atoms. The smallest absolute Gasteiger partial charge is 0.255 e. The third-order valence-electron chi connectivity index (χ3n) is 5.25. The van der Waals surface area contributed by atoms with E-state index >= 15 is 0 Å². The van der Waals surface area contributed by atoms with E-state index in [0.29, 0.717) is 10.9 Å². The molecule has 2 heterocycles. The molecule has 0 fully saturated rings. The highest BCUT2D eigenvalue weighted by Gasteiger charge is 2.42. The Balaban J connectivity index is 1.53. The van der Waals surface area contributed by atoms with Gasteiger partial charge in [-0.25, -0.2) is 0 Å². The molecule has 1 amide bonds. The second kappa shape index (κ2) is 8.80. The molecule has 160 valence electrons. The van der Waals surface area contributed by atoms with Gasteiger partial charge in [-0.2, -0.15) is 0 Å². The molecule has 0 aliphatic carbocycles. The number of amides is 1. The third kappa shape index (κ3) is 3.94. The van der Waals surface area contributed by atoms with Crippen molar-refractivity contribution in [3.05, 3.63) is 103 Å². The lowest BCUT2D eigenvalue weighted by atomic mass is 9.97. The number of hydrogen-bond donors (Lipinski definition) is 2. The van der Waals surface area contributed by atoms with Gasteiger partial charge in [0.1, 0.15) is 17.7 Å². The molecular weight excluding hydrogens is 420 g/mol. The number of amidine groups is 1. The predicted molar refractivity (Wildman–Crippen MR) is 129 cm³/mol. The van der Waals surface area contributed by atoms with Crippen LogP contribution >= 0.6 is 11.8 Å². The largest absolute Gasteiger partial charge is 0.457 e. The van der Waals surface area contributed by atoms with E-state index in [1.165, 1.54) is 11.8 Å². The molecule has 0 aromatic heterocycles. The summed E-state index contributed by atoms with van der Waals surface area (Å²) >= 11 is 1.45. The first-order chi connectivity index (χ1) is 15.7. The Morgan fingerprint density at radius 1 is 1.03 bits per heavy atom. The summed E-state index contributed by atoms with van der Waals surface area (Å²) in [5.74, 6) is 2.05. The zero-order chi connectivity index (χ0) is 21.9. The number of benzene rings is 3. The van der Waals surface area contributed by atoms with E-state index in [-0.39, 0.29) is 12.1 Å². The van der Waals surface area contributed by atoms with E-state index in [9.17, 15) is 4.79 Å². The van der Waals surface area contributed by atoms with Crippen LogP contribution in [0.3, 0.4) is 0 Å². The minimum atomic E-state index is -0.524. The summed E-state index contributed by atoms with van der Waals surface area (Å²) in [6.45, 7) is 3.75. The van der Waals surface area contributed by atoms with Crippen molar-refractivity contribution in [3.63, 3.8) is 0 Å². The van der Waals surface area contributed by atoms with Gasteiger partial charge in [-0.3, -0.25) is 9.80 Å². The second-order valence-electron chi connectivity index (χ2n) is 7.40. The van der Waals surface area contributed by atoms with Crippen LogP contribution in [0.25, 0.3) is 0 Å². The van der Waals surface area contributed by atoms with Crippen molar-refractivity contribution in [2.45, 2.75) is 12.2 Å². The van der Waals surface area contributed by atoms with Crippen LogP contribution in [-0.2, 0) is 4.79 Å². The fourth-order valence-electron chi connectivity index (χ4n) is 3.86. The van der Waals surface area contributed by atoms with Crippen molar-refractivity contribution < 1.29 is 9.53 Å². The molecule has 2 aliphatic heterocycles. The molecule has 32 heavy (non-hydrogen) atoms. The van der Waals surface area contributed by atoms with Gasteiger partial charge in [0.05, 0.1) is 0 Å². The first-order valence-corrected chi connectivity index (χ1v) is 11.3. The van der Waals surface area contributed by atoms with Gasteiger partial charge >= 0.3 is 0 Å². The van der Waals surface area contributed by atoms with E-state index in [1.807, 2.05) is 83.9 Å². The summed E-state index contributed by atoms with van der Waals surface area (Å²) in [6.07, 6.45) is 1.46. The van der Waals surface area contributed by atoms with Crippen LogP contribution in [0, 0.1) is 0 Å². The van der Waals surface area contributed by atoms with Gasteiger partial charge in [0.25, 0.3) is 5.91 Å². The Labute approximate surface area is 191 Å². The average molecular weight is 443 g/mol. The maximum absolute atomic E-state index is 13.1. The van der Waals surface area contributed by atoms with Crippen LogP contribution in [-0.4, -0.2) is 21.8 Å². The molecule has 0 saturated heterocycles. The quantitative estimate of drug-likeness (QED) is 0.527. The number of hydrogen-bond acceptors (Lipinski definition) is 6. The van der Waals surface area contributed by atoms with Crippen LogP contribution in [0.15, 0.2) is 96.6 Å². The average Bonchev–Trinajstić information content (AvgIpc) is 2.83. The molecule has 0 unspecified atom stereocenters. The van der Waals surface area contributed by atoms with Gasteiger partial charge in [0.15, 0.2) is 11.2 Å². The number of carbonyl (C=O) groups is 1. The van der Waals surface area contributed by atoms with E-state index in [0.717, 1.165) is 28.3 Å². The van der Waals surface area contributed by atoms with Gasteiger partial charge in [-0.1, -0.05) is 66.4 Å². The molecule has 0 radical (unpaired) electrons. The van der Waals surface area contributed by atoms with Gasteiger partial charge in [0, 0.05) is 17.0 Å². The summed E-state index contributed by atoms with van der Waals surface area (Å²) in [4.78, 5) is 13.1. The van der Waals surface area contributed by atoms with Crippen molar-refractivity contribution in [2.75, 3.05) is 11.1 Å². The van der Waals surface area contributed by atoms with Crippen LogP contribution in [0.5, 0.6) is 11.5 Å². The minimum absolute atomic E-state index is 0.0952. The number of fused-ring (bicyclic) bond motifs is 3. The number of hydrazone groups is 1. The first kappa shape index (κ1) is 20.2. The molecule has 0 saturated carbocycles. The van der Waals surface area contributed by atoms with Crippen LogP contribution in [0.1, 0.15) is 23.3 Å². The lowest BCUT2D eigenvalue weighted by Gasteiger charge is -2.43. The molecule has 5 rings (SSSR count). The maximum atomic E-state index is 13.1. The lowest BCUT2D eigenvalue weighted by molar-refractivity contribution is -0.127. The van der Waals surface area contributed by atoms with Crippen molar-refractivity contribution >= 4 is 28.5 Å². The zero-order valence-electron chi connectivity index (χ0n) is 17.3.